The quantitative estimate of drug-likeness (QED) is 0.860. The molecule has 1 unspecified atom stereocenters. The number of likely N-dealkylation sites (tertiary alicyclic amines) is 1. The molecule has 1 amide bonds. The summed E-state index contributed by atoms with van der Waals surface area (Å²) in [6, 6.07) is 1.77. The van der Waals surface area contributed by atoms with Crippen LogP contribution in [0.3, 0.4) is 0 Å². The van der Waals surface area contributed by atoms with Crippen molar-refractivity contribution in [3.05, 3.63) is 17.6 Å². The van der Waals surface area contributed by atoms with Gasteiger partial charge in [0, 0.05) is 18.5 Å². The van der Waals surface area contributed by atoms with Gasteiger partial charge >= 0.3 is 0 Å². The third kappa shape index (κ3) is 3.81. The molecule has 1 fully saturated rings. The van der Waals surface area contributed by atoms with Gasteiger partial charge in [-0.3, -0.25) is 15.0 Å². The van der Waals surface area contributed by atoms with E-state index in [1.807, 2.05) is 20.8 Å². The molecule has 25 heavy (non-hydrogen) atoms. The number of carbonyl (C=O) groups excluding carboxylic acids is 1. The Balaban J connectivity index is 1.63. The second kappa shape index (κ2) is 6.47. The maximum atomic E-state index is 12.4. The van der Waals surface area contributed by atoms with Gasteiger partial charge in [0.1, 0.15) is 0 Å². The van der Waals surface area contributed by atoms with E-state index in [1.54, 1.807) is 17.8 Å². The van der Waals surface area contributed by atoms with E-state index in [9.17, 15) is 4.79 Å². The molecule has 1 aliphatic rings. The Bertz CT molecular complexity index is 739. The average molecular weight is 347 g/mol. The van der Waals surface area contributed by atoms with Crippen LogP contribution in [0.15, 0.2) is 10.6 Å². The standard InChI is InChI=1S/C16H25N7O2/c1-16(2,3)11-8-13(25-21-11)18-12(24)9-23-7-5-6-10(23)14-19-15(17)22(4)20-14/h8,10H,5-7,9H2,1-4H3,(H,18,24)(H2,17,19,20). The fourth-order valence-electron chi connectivity index (χ4n) is 2.91. The normalized spacial score (nSPS) is 18.6. The second-order valence-electron chi connectivity index (χ2n) is 7.45. The predicted octanol–water partition coefficient (Wildman–Crippen LogP) is 1.46. The van der Waals surface area contributed by atoms with E-state index in [4.69, 9.17) is 10.3 Å². The molecular formula is C16H25N7O2. The van der Waals surface area contributed by atoms with Crippen LogP contribution in [0.2, 0.25) is 0 Å². The van der Waals surface area contributed by atoms with E-state index in [0.717, 1.165) is 25.1 Å². The van der Waals surface area contributed by atoms with Crippen LogP contribution in [0.1, 0.15) is 51.2 Å². The van der Waals surface area contributed by atoms with Crippen molar-refractivity contribution in [2.24, 2.45) is 7.05 Å². The van der Waals surface area contributed by atoms with Gasteiger partial charge in [-0.05, 0) is 19.4 Å². The van der Waals surface area contributed by atoms with Crippen LogP contribution in [0.25, 0.3) is 0 Å². The van der Waals surface area contributed by atoms with Gasteiger partial charge in [-0.15, -0.1) is 0 Å². The summed E-state index contributed by atoms with van der Waals surface area (Å²) < 4.78 is 6.76. The molecule has 0 aromatic carbocycles. The number of hydrogen-bond donors (Lipinski definition) is 2. The zero-order chi connectivity index (χ0) is 18.2. The molecule has 2 aromatic heterocycles. The SMILES string of the molecule is Cn1nc(C2CCCN2CC(=O)Nc2cc(C(C)(C)C)no2)nc1N. The topological polar surface area (TPSA) is 115 Å². The molecule has 1 saturated heterocycles. The van der Waals surface area contributed by atoms with Crippen LogP contribution in [-0.4, -0.2) is 43.8 Å². The number of nitrogens with zero attached hydrogens (tertiary/aromatic N) is 5. The lowest BCUT2D eigenvalue weighted by atomic mass is 9.92. The number of anilines is 2. The summed E-state index contributed by atoms with van der Waals surface area (Å²) in [4.78, 5) is 18.7. The number of nitrogens with one attached hydrogen (secondary N) is 1. The highest BCUT2D eigenvalue weighted by Gasteiger charge is 2.31. The lowest BCUT2D eigenvalue weighted by Crippen LogP contribution is -2.33. The summed E-state index contributed by atoms with van der Waals surface area (Å²) in [5, 5.41) is 11.1. The van der Waals surface area contributed by atoms with Crippen LogP contribution in [-0.2, 0) is 17.3 Å². The monoisotopic (exact) mass is 347 g/mol. The van der Waals surface area contributed by atoms with Crippen molar-refractivity contribution in [3.8, 4) is 0 Å². The minimum atomic E-state index is -0.146. The number of rotatable bonds is 4. The molecule has 3 N–H and O–H groups in total. The highest BCUT2D eigenvalue weighted by Crippen LogP contribution is 2.30. The average Bonchev–Trinajstić information content (AvgIpc) is 3.20. The third-order valence-corrected chi connectivity index (χ3v) is 4.36. The fraction of sp³-hybridized carbons (Fsp3) is 0.625. The van der Waals surface area contributed by atoms with Crippen LogP contribution in [0.4, 0.5) is 11.8 Å². The second-order valence-corrected chi connectivity index (χ2v) is 7.45. The lowest BCUT2D eigenvalue weighted by molar-refractivity contribution is -0.117. The molecule has 0 spiro atoms. The Labute approximate surface area is 146 Å². The summed E-state index contributed by atoms with van der Waals surface area (Å²) in [5.74, 6) is 1.26. The van der Waals surface area contributed by atoms with Crippen LogP contribution < -0.4 is 11.1 Å². The number of nitrogens with two attached hydrogens (primary N) is 1. The number of hydrogen-bond acceptors (Lipinski definition) is 7. The zero-order valence-corrected chi connectivity index (χ0v) is 15.1. The summed E-state index contributed by atoms with van der Waals surface area (Å²) in [6.07, 6.45) is 1.90. The Morgan fingerprint density at radius 1 is 1.48 bits per heavy atom. The number of aryl methyl sites for hydroxylation is 1. The van der Waals surface area contributed by atoms with Crippen molar-refractivity contribution in [2.75, 3.05) is 24.1 Å². The smallest absolute Gasteiger partial charge is 0.240 e. The molecule has 0 saturated carbocycles. The highest BCUT2D eigenvalue weighted by molar-refractivity contribution is 5.91. The van der Waals surface area contributed by atoms with E-state index >= 15 is 0 Å². The largest absolute Gasteiger partial charge is 0.368 e. The molecule has 3 rings (SSSR count). The third-order valence-electron chi connectivity index (χ3n) is 4.36. The van der Waals surface area contributed by atoms with Gasteiger partial charge in [-0.25, -0.2) is 4.68 Å². The van der Waals surface area contributed by atoms with E-state index in [0.29, 0.717) is 17.7 Å². The first-order valence-corrected chi connectivity index (χ1v) is 8.41. The van der Waals surface area contributed by atoms with Gasteiger partial charge in [0.05, 0.1) is 18.3 Å². The van der Waals surface area contributed by atoms with E-state index < -0.39 is 0 Å². The number of aromatic nitrogens is 4. The molecule has 0 bridgehead atoms. The van der Waals surface area contributed by atoms with Gasteiger partial charge in [0.2, 0.25) is 17.7 Å². The maximum absolute atomic E-state index is 12.4. The van der Waals surface area contributed by atoms with E-state index in [-0.39, 0.29) is 23.9 Å². The molecule has 1 aliphatic heterocycles. The molecule has 0 aliphatic carbocycles. The number of nitrogen functional groups attached to an aromatic ring is 1. The minimum Gasteiger partial charge on any atom is -0.368 e. The Morgan fingerprint density at radius 3 is 2.84 bits per heavy atom. The Hall–Kier alpha value is -2.42. The summed E-state index contributed by atoms with van der Waals surface area (Å²) in [6.45, 7) is 7.18. The zero-order valence-electron chi connectivity index (χ0n) is 15.1. The molecule has 9 nitrogen and oxygen atoms in total. The number of carbonyl (C=O) groups is 1. The molecule has 9 heteroatoms. The first-order chi connectivity index (χ1) is 11.7. The fourth-order valence-corrected chi connectivity index (χ4v) is 2.91. The predicted molar refractivity (Wildman–Crippen MR) is 92.8 cm³/mol. The molecule has 3 heterocycles. The Morgan fingerprint density at radius 2 is 2.24 bits per heavy atom. The van der Waals surface area contributed by atoms with Crippen LogP contribution in [0.5, 0.6) is 0 Å². The van der Waals surface area contributed by atoms with Crippen molar-refractivity contribution in [3.63, 3.8) is 0 Å². The number of amides is 1. The summed E-state index contributed by atoms with van der Waals surface area (Å²) in [5.41, 5.74) is 6.44. The molecule has 0 radical (unpaired) electrons. The van der Waals surface area contributed by atoms with E-state index in [1.165, 1.54) is 0 Å². The Kier molecular flexibility index (Phi) is 4.51. The first kappa shape index (κ1) is 17.4. The highest BCUT2D eigenvalue weighted by atomic mass is 16.5. The van der Waals surface area contributed by atoms with Gasteiger partial charge < -0.3 is 10.3 Å². The summed E-state index contributed by atoms with van der Waals surface area (Å²) in [7, 11) is 1.76. The van der Waals surface area contributed by atoms with Crippen molar-refractivity contribution >= 4 is 17.7 Å². The molecule has 1 atom stereocenters. The minimum absolute atomic E-state index is 0.00844. The van der Waals surface area contributed by atoms with Crippen molar-refractivity contribution in [1.29, 1.82) is 0 Å². The first-order valence-electron chi connectivity index (χ1n) is 8.41. The van der Waals surface area contributed by atoms with Gasteiger partial charge in [0.15, 0.2) is 5.82 Å². The van der Waals surface area contributed by atoms with Gasteiger partial charge in [-0.2, -0.15) is 10.1 Å². The summed E-state index contributed by atoms with van der Waals surface area (Å²) >= 11 is 0. The maximum Gasteiger partial charge on any atom is 0.240 e. The molecule has 2 aromatic rings. The van der Waals surface area contributed by atoms with Gasteiger partial charge in [-0.1, -0.05) is 25.9 Å². The van der Waals surface area contributed by atoms with E-state index in [2.05, 4.69) is 25.5 Å². The van der Waals surface area contributed by atoms with Gasteiger partial charge in [0.25, 0.3) is 0 Å². The van der Waals surface area contributed by atoms with Crippen molar-refractivity contribution in [2.45, 2.75) is 45.1 Å². The van der Waals surface area contributed by atoms with Crippen LogP contribution >= 0.6 is 0 Å². The molecule has 136 valence electrons. The molecular weight excluding hydrogens is 322 g/mol. The van der Waals surface area contributed by atoms with Crippen molar-refractivity contribution in [1.82, 2.24) is 24.8 Å². The van der Waals surface area contributed by atoms with Crippen LogP contribution in [0, 0.1) is 0 Å². The lowest BCUT2D eigenvalue weighted by Gasteiger charge is -2.20. The van der Waals surface area contributed by atoms with Crippen molar-refractivity contribution < 1.29 is 9.32 Å².